The largest absolute Gasteiger partial charge is 0.498 e. The third-order valence-corrected chi connectivity index (χ3v) is 4.42. The van der Waals surface area contributed by atoms with Crippen LogP contribution in [0, 0.1) is 0 Å². The van der Waals surface area contributed by atoms with Gasteiger partial charge < -0.3 is 9.31 Å². The van der Waals surface area contributed by atoms with Crippen LogP contribution in [0.15, 0.2) is 36.7 Å². The highest BCUT2D eigenvalue weighted by molar-refractivity contribution is 6.62. The van der Waals surface area contributed by atoms with E-state index in [1.54, 1.807) is 23.0 Å². The standard InChI is InChI=1S/C16H19BN2O3/c1-15(2)16(3,4)22-17(21-15)13-9-18-19(10-13)14-7-5-12(11-20)6-8-14/h5-11H,1-4H3. The van der Waals surface area contributed by atoms with Crippen molar-refractivity contribution in [2.75, 3.05) is 0 Å². The molecule has 1 aromatic heterocycles. The monoisotopic (exact) mass is 298 g/mol. The van der Waals surface area contributed by atoms with Crippen LogP contribution in [0.2, 0.25) is 0 Å². The van der Waals surface area contributed by atoms with Crippen LogP contribution in [0.25, 0.3) is 5.69 Å². The van der Waals surface area contributed by atoms with Gasteiger partial charge in [0.2, 0.25) is 0 Å². The Balaban J connectivity index is 1.84. The van der Waals surface area contributed by atoms with Gasteiger partial charge in [0.1, 0.15) is 6.29 Å². The Morgan fingerprint density at radius 1 is 1.09 bits per heavy atom. The highest BCUT2D eigenvalue weighted by atomic mass is 16.7. The maximum Gasteiger partial charge on any atom is 0.498 e. The highest BCUT2D eigenvalue weighted by Gasteiger charge is 2.52. The lowest BCUT2D eigenvalue weighted by molar-refractivity contribution is 0.00578. The van der Waals surface area contributed by atoms with Gasteiger partial charge in [-0.05, 0) is 52.0 Å². The predicted octanol–water partition coefficient (Wildman–Crippen LogP) is 1.98. The van der Waals surface area contributed by atoms with Crippen LogP contribution < -0.4 is 5.46 Å². The second kappa shape index (κ2) is 5.07. The molecular weight excluding hydrogens is 279 g/mol. The zero-order valence-corrected chi connectivity index (χ0v) is 13.2. The molecule has 114 valence electrons. The number of hydrogen-bond donors (Lipinski definition) is 0. The van der Waals surface area contributed by atoms with E-state index in [2.05, 4.69) is 5.10 Å². The number of aldehydes is 1. The Kier molecular flexibility index (Phi) is 3.46. The van der Waals surface area contributed by atoms with Crippen molar-refractivity contribution in [3.63, 3.8) is 0 Å². The van der Waals surface area contributed by atoms with E-state index in [1.807, 2.05) is 46.0 Å². The summed E-state index contributed by atoms with van der Waals surface area (Å²) < 4.78 is 13.8. The molecule has 22 heavy (non-hydrogen) atoms. The maximum absolute atomic E-state index is 10.7. The first kappa shape index (κ1) is 15.0. The molecule has 1 aromatic carbocycles. The van der Waals surface area contributed by atoms with Gasteiger partial charge in [-0.1, -0.05) is 0 Å². The van der Waals surface area contributed by atoms with Crippen LogP contribution >= 0.6 is 0 Å². The molecule has 0 atom stereocenters. The van der Waals surface area contributed by atoms with E-state index in [0.717, 1.165) is 17.4 Å². The molecule has 2 aromatic rings. The van der Waals surface area contributed by atoms with Crippen molar-refractivity contribution in [3.8, 4) is 5.69 Å². The number of benzene rings is 1. The summed E-state index contributed by atoms with van der Waals surface area (Å²) in [5.41, 5.74) is 1.66. The maximum atomic E-state index is 10.7. The van der Waals surface area contributed by atoms with Crippen molar-refractivity contribution in [1.29, 1.82) is 0 Å². The second-order valence-corrected chi connectivity index (χ2v) is 6.52. The average molecular weight is 298 g/mol. The lowest BCUT2D eigenvalue weighted by Crippen LogP contribution is -2.41. The smallest absolute Gasteiger partial charge is 0.399 e. The van der Waals surface area contributed by atoms with Crippen molar-refractivity contribution in [2.24, 2.45) is 0 Å². The van der Waals surface area contributed by atoms with Crippen LogP contribution in [-0.4, -0.2) is 34.4 Å². The third kappa shape index (κ3) is 2.49. The van der Waals surface area contributed by atoms with Crippen molar-refractivity contribution in [3.05, 3.63) is 42.2 Å². The molecule has 6 heteroatoms. The minimum atomic E-state index is -0.423. The fourth-order valence-corrected chi connectivity index (χ4v) is 2.28. The van der Waals surface area contributed by atoms with E-state index >= 15 is 0 Å². The summed E-state index contributed by atoms with van der Waals surface area (Å²) in [6, 6.07) is 7.23. The van der Waals surface area contributed by atoms with Crippen molar-refractivity contribution < 1.29 is 14.1 Å². The van der Waals surface area contributed by atoms with Gasteiger partial charge in [-0.2, -0.15) is 5.10 Å². The summed E-state index contributed by atoms with van der Waals surface area (Å²) in [5.74, 6) is 0. The van der Waals surface area contributed by atoms with Gasteiger partial charge in [-0.25, -0.2) is 4.68 Å². The van der Waals surface area contributed by atoms with Crippen molar-refractivity contribution >= 4 is 18.9 Å². The molecule has 0 radical (unpaired) electrons. The lowest BCUT2D eigenvalue weighted by atomic mass is 9.82. The molecule has 0 spiro atoms. The van der Waals surface area contributed by atoms with E-state index in [1.165, 1.54) is 0 Å². The van der Waals surface area contributed by atoms with Crippen LogP contribution in [0.3, 0.4) is 0 Å². The highest BCUT2D eigenvalue weighted by Crippen LogP contribution is 2.36. The summed E-state index contributed by atoms with van der Waals surface area (Å²) in [6.45, 7) is 8.09. The summed E-state index contributed by atoms with van der Waals surface area (Å²) in [4.78, 5) is 10.7. The van der Waals surface area contributed by atoms with Gasteiger partial charge in [0.25, 0.3) is 0 Å². The molecule has 1 aliphatic rings. The van der Waals surface area contributed by atoms with E-state index in [0.29, 0.717) is 5.56 Å². The predicted molar refractivity (Wildman–Crippen MR) is 84.7 cm³/mol. The number of aromatic nitrogens is 2. The normalized spacial score (nSPS) is 19.4. The topological polar surface area (TPSA) is 53.4 Å². The van der Waals surface area contributed by atoms with Gasteiger partial charge in [-0.15, -0.1) is 0 Å². The fourth-order valence-electron chi connectivity index (χ4n) is 2.28. The molecule has 2 heterocycles. The number of rotatable bonds is 3. The molecule has 1 fully saturated rings. The second-order valence-electron chi connectivity index (χ2n) is 6.52. The fraction of sp³-hybridized carbons (Fsp3) is 0.375. The Morgan fingerprint density at radius 3 is 2.23 bits per heavy atom. The lowest BCUT2D eigenvalue weighted by Gasteiger charge is -2.32. The van der Waals surface area contributed by atoms with Crippen molar-refractivity contribution in [1.82, 2.24) is 9.78 Å². The molecule has 3 rings (SSSR count). The van der Waals surface area contributed by atoms with Gasteiger partial charge in [0, 0.05) is 23.4 Å². The molecular formula is C16H19BN2O3. The molecule has 5 nitrogen and oxygen atoms in total. The molecule has 0 aliphatic carbocycles. The molecule has 0 unspecified atom stereocenters. The first-order valence-electron chi connectivity index (χ1n) is 7.28. The van der Waals surface area contributed by atoms with E-state index in [4.69, 9.17) is 9.31 Å². The van der Waals surface area contributed by atoms with E-state index < -0.39 is 7.12 Å². The summed E-state index contributed by atoms with van der Waals surface area (Å²) >= 11 is 0. The van der Waals surface area contributed by atoms with Gasteiger partial charge in [-0.3, -0.25) is 4.79 Å². The summed E-state index contributed by atoms with van der Waals surface area (Å²) in [7, 11) is -0.423. The van der Waals surface area contributed by atoms with E-state index in [9.17, 15) is 4.79 Å². The first-order valence-corrected chi connectivity index (χ1v) is 7.28. The summed E-state index contributed by atoms with van der Waals surface area (Å²) in [6.07, 6.45) is 4.45. The molecule has 1 saturated heterocycles. The first-order chi connectivity index (χ1) is 10.3. The van der Waals surface area contributed by atoms with Gasteiger partial charge in [0.05, 0.1) is 16.9 Å². The molecule has 0 amide bonds. The SMILES string of the molecule is CC1(C)OB(c2cnn(-c3ccc(C=O)cc3)c2)OC1(C)C. The number of hydrogen-bond acceptors (Lipinski definition) is 4. The van der Waals surface area contributed by atoms with Gasteiger partial charge in [0.15, 0.2) is 0 Å². The van der Waals surface area contributed by atoms with Crippen LogP contribution in [0.5, 0.6) is 0 Å². The average Bonchev–Trinajstić information content (AvgIpc) is 3.03. The molecule has 0 saturated carbocycles. The Morgan fingerprint density at radius 2 is 1.68 bits per heavy atom. The Hall–Kier alpha value is -1.92. The molecule has 0 N–H and O–H groups in total. The van der Waals surface area contributed by atoms with Crippen LogP contribution in [0.4, 0.5) is 0 Å². The van der Waals surface area contributed by atoms with Crippen LogP contribution in [-0.2, 0) is 9.31 Å². The number of nitrogens with zero attached hydrogens (tertiary/aromatic N) is 2. The van der Waals surface area contributed by atoms with Crippen LogP contribution in [0.1, 0.15) is 38.1 Å². The van der Waals surface area contributed by atoms with E-state index in [-0.39, 0.29) is 11.2 Å². The minimum Gasteiger partial charge on any atom is -0.399 e. The zero-order chi connectivity index (χ0) is 16.0. The zero-order valence-electron chi connectivity index (χ0n) is 13.2. The van der Waals surface area contributed by atoms with Gasteiger partial charge >= 0.3 is 7.12 Å². The van der Waals surface area contributed by atoms with Crippen molar-refractivity contribution in [2.45, 2.75) is 38.9 Å². The minimum absolute atomic E-state index is 0.370. The molecule has 0 bridgehead atoms. The number of carbonyl (C=O) groups is 1. The summed E-state index contributed by atoms with van der Waals surface area (Å²) in [5, 5.41) is 4.35. The quantitative estimate of drug-likeness (QED) is 0.642. The number of carbonyl (C=O) groups excluding carboxylic acids is 1. The third-order valence-electron chi connectivity index (χ3n) is 4.42. The molecule has 1 aliphatic heterocycles. The Labute approximate surface area is 130 Å². The Bertz CT molecular complexity index is 676.